The minimum atomic E-state index is -0.374. The number of carbonyl (C=O) groups excluding carboxylic acids is 3. The van der Waals surface area contributed by atoms with E-state index in [4.69, 9.17) is 0 Å². The number of hydrogen-bond acceptors (Lipinski definition) is 3. The molecule has 0 unspecified atom stereocenters. The molecular formula is C16H17FN2O3. The molecule has 0 aromatic heterocycles. The van der Waals surface area contributed by atoms with Gasteiger partial charge in [-0.25, -0.2) is 4.39 Å². The number of carbonyl (C=O) groups is 3. The van der Waals surface area contributed by atoms with E-state index in [0.717, 1.165) is 0 Å². The van der Waals surface area contributed by atoms with E-state index in [1.807, 2.05) is 0 Å². The maximum Gasteiger partial charge on any atom is 0.253 e. The van der Waals surface area contributed by atoms with Crippen molar-refractivity contribution < 1.29 is 18.8 Å². The standard InChI is InChI=1S/C16H17FN2O3/c17-12-3-1-11(2-4-12)15(22)19-7-5-16(6-8-19)9-13(20)18-14(21)10-16/h1-4H,5-10H2,(H,18,20,21). The number of imide groups is 1. The van der Waals surface area contributed by atoms with Crippen LogP contribution in [-0.4, -0.2) is 35.7 Å². The summed E-state index contributed by atoms with van der Waals surface area (Å²) in [6, 6.07) is 5.48. The smallest absolute Gasteiger partial charge is 0.253 e. The predicted molar refractivity (Wildman–Crippen MR) is 76.4 cm³/mol. The molecule has 0 aliphatic carbocycles. The lowest BCUT2D eigenvalue weighted by atomic mass is 9.71. The van der Waals surface area contributed by atoms with E-state index in [9.17, 15) is 18.8 Å². The molecule has 2 fully saturated rings. The van der Waals surface area contributed by atoms with Gasteiger partial charge in [-0.15, -0.1) is 0 Å². The van der Waals surface area contributed by atoms with Gasteiger partial charge in [0.25, 0.3) is 5.91 Å². The first kappa shape index (κ1) is 14.7. The Kier molecular flexibility index (Phi) is 3.68. The molecule has 22 heavy (non-hydrogen) atoms. The van der Waals surface area contributed by atoms with Crippen LogP contribution in [0, 0.1) is 11.2 Å². The molecule has 2 aliphatic rings. The number of amides is 3. The third-order valence-electron chi connectivity index (χ3n) is 4.55. The van der Waals surface area contributed by atoms with Crippen LogP contribution in [0.1, 0.15) is 36.0 Å². The van der Waals surface area contributed by atoms with Gasteiger partial charge in [-0.3, -0.25) is 19.7 Å². The minimum absolute atomic E-state index is 0.138. The number of nitrogens with zero attached hydrogens (tertiary/aromatic N) is 1. The highest BCUT2D eigenvalue weighted by molar-refractivity contribution is 5.98. The van der Waals surface area contributed by atoms with Crippen LogP contribution >= 0.6 is 0 Å². The average Bonchev–Trinajstić information content (AvgIpc) is 2.47. The van der Waals surface area contributed by atoms with Crippen LogP contribution in [0.2, 0.25) is 0 Å². The van der Waals surface area contributed by atoms with Crippen molar-refractivity contribution in [1.29, 1.82) is 0 Å². The monoisotopic (exact) mass is 304 g/mol. The van der Waals surface area contributed by atoms with Gasteiger partial charge in [-0.2, -0.15) is 0 Å². The van der Waals surface area contributed by atoms with E-state index in [-0.39, 0.29) is 29.0 Å². The average molecular weight is 304 g/mol. The van der Waals surface area contributed by atoms with Gasteiger partial charge in [0.15, 0.2) is 0 Å². The van der Waals surface area contributed by atoms with Crippen molar-refractivity contribution in [2.75, 3.05) is 13.1 Å². The number of benzene rings is 1. The molecule has 1 N–H and O–H groups in total. The van der Waals surface area contributed by atoms with Gasteiger partial charge in [0.2, 0.25) is 11.8 Å². The lowest BCUT2D eigenvalue weighted by Gasteiger charge is -2.43. The molecule has 0 bridgehead atoms. The topological polar surface area (TPSA) is 66.5 Å². The summed E-state index contributed by atoms with van der Waals surface area (Å²) in [7, 11) is 0. The Morgan fingerprint density at radius 1 is 1.05 bits per heavy atom. The van der Waals surface area contributed by atoms with Crippen molar-refractivity contribution >= 4 is 17.7 Å². The van der Waals surface area contributed by atoms with Crippen LogP contribution < -0.4 is 5.32 Å². The van der Waals surface area contributed by atoms with Gasteiger partial charge >= 0.3 is 0 Å². The van der Waals surface area contributed by atoms with Gasteiger partial charge in [0.1, 0.15) is 5.82 Å². The summed E-state index contributed by atoms with van der Waals surface area (Å²) in [5, 5.41) is 2.32. The Bertz CT molecular complexity index is 601. The summed E-state index contributed by atoms with van der Waals surface area (Å²) >= 11 is 0. The van der Waals surface area contributed by atoms with Crippen LogP contribution in [0.5, 0.6) is 0 Å². The highest BCUT2D eigenvalue weighted by Crippen LogP contribution is 2.40. The van der Waals surface area contributed by atoms with Crippen LogP contribution in [0.25, 0.3) is 0 Å². The lowest BCUT2D eigenvalue weighted by Crippen LogP contribution is -2.50. The molecular weight excluding hydrogens is 287 g/mol. The number of piperidine rings is 2. The van der Waals surface area contributed by atoms with E-state index in [1.54, 1.807) is 4.90 Å². The first-order valence-corrected chi connectivity index (χ1v) is 7.35. The zero-order valence-electron chi connectivity index (χ0n) is 12.1. The summed E-state index contributed by atoms with van der Waals surface area (Å²) in [6.07, 6.45) is 1.97. The molecule has 3 amide bonds. The fourth-order valence-corrected chi connectivity index (χ4v) is 3.30. The van der Waals surface area contributed by atoms with Gasteiger partial charge in [0.05, 0.1) is 0 Å². The van der Waals surface area contributed by atoms with Crippen molar-refractivity contribution in [3.63, 3.8) is 0 Å². The molecule has 2 saturated heterocycles. The van der Waals surface area contributed by atoms with Crippen molar-refractivity contribution in [2.24, 2.45) is 5.41 Å². The summed E-state index contributed by atoms with van der Waals surface area (Å²) in [4.78, 5) is 37.2. The van der Waals surface area contributed by atoms with Crippen LogP contribution in [0.4, 0.5) is 4.39 Å². The summed E-state index contributed by atoms with van der Waals surface area (Å²) in [5.74, 6) is -0.966. The first-order chi connectivity index (χ1) is 10.5. The second kappa shape index (κ2) is 5.51. The van der Waals surface area contributed by atoms with E-state index in [1.165, 1.54) is 24.3 Å². The molecule has 0 saturated carbocycles. The molecule has 0 atom stereocenters. The summed E-state index contributed by atoms with van der Waals surface area (Å²) < 4.78 is 12.9. The van der Waals surface area contributed by atoms with Crippen LogP contribution in [-0.2, 0) is 9.59 Å². The number of nitrogens with one attached hydrogen (secondary N) is 1. The van der Waals surface area contributed by atoms with Crippen LogP contribution in [0.15, 0.2) is 24.3 Å². The highest BCUT2D eigenvalue weighted by Gasteiger charge is 2.42. The minimum Gasteiger partial charge on any atom is -0.339 e. The Balaban J connectivity index is 1.66. The van der Waals surface area contributed by atoms with Gasteiger partial charge in [-0.1, -0.05) is 0 Å². The zero-order valence-corrected chi connectivity index (χ0v) is 12.1. The van der Waals surface area contributed by atoms with Crippen molar-refractivity contribution in [3.8, 4) is 0 Å². The van der Waals surface area contributed by atoms with Crippen molar-refractivity contribution in [3.05, 3.63) is 35.6 Å². The van der Waals surface area contributed by atoms with E-state index >= 15 is 0 Å². The molecule has 1 aromatic carbocycles. The van der Waals surface area contributed by atoms with E-state index < -0.39 is 0 Å². The highest BCUT2D eigenvalue weighted by atomic mass is 19.1. The zero-order chi connectivity index (χ0) is 15.7. The predicted octanol–water partition coefficient (Wildman–Crippen LogP) is 1.48. The summed E-state index contributed by atoms with van der Waals surface area (Å²) in [6.45, 7) is 1.02. The SMILES string of the molecule is O=C1CC2(CCN(C(=O)c3ccc(F)cc3)CC2)CC(=O)N1. The third-order valence-corrected chi connectivity index (χ3v) is 4.55. The third kappa shape index (κ3) is 2.86. The largest absolute Gasteiger partial charge is 0.339 e. The second-order valence-corrected chi connectivity index (χ2v) is 6.12. The number of rotatable bonds is 1. The van der Waals surface area contributed by atoms with Gasteiger partial charge in [0, 0.05) is 31.5 Å². The Hall–Kier alpha value is -2.24. The fourth-order valence-electron chi connectivity index (χ4n) is 3.30. The van der Waals surface area contributed by atoms with Crippen molar-refractivity contribution in [1.82, 2.24) is 10.2 Å². The molecule has 6 heteroatoms. The summed E-state index contributed by atoms with van der Waals surface area (Å²) in [5.41, 5.74) is 0.147. The van der Waals surface area contributed by atoms with Gasteiger partial charge < -0.3 is 4.90 Å². The Morgan fingerprint density at radius 3 is 2.14 bits per heavy atom. The Morgan fingerprint density at radius 2 is 1.59 bits per heavy atom. The normalized spacial score (nSPS) is 20.9. The van der Waals surface area contributed by atoms with E-state index in [2.05, 4.69) is 5.32 Å². The van der Waals surface area contributed by atoms with Gasteiger partial charge in [-0.05, 0) is 42.5 Å². The number of halogens is 1. The molecule has 1 aromatic rings. The molecule has 2 aliphatic heterocycles. The first-order valence-electron chi connectivity index (χ1n) is 7.35. The maximum absolute atomic E-state index is 12.9. The number of likely N-dealkylation sites (tertiary alicyclic amines) is 1. The molecule has 1 spiro atoms. The molecule has 3 rings (SSSR count). The fraction of sp³-hybridized carbons (Fsp3) is 0.438. The second-order valence-electron chi connectivity index (χ2n) is 6.12. The number of hydrogen-bond donors (Lipinski definition) is 1. The van der Waals surface area contributed by atoms with Crippen molar-refractivity contribution in [2.45, 2.75) is 25.7 Å². The van der Waals surface area contributed by atoms with E-state index in [0.29, 0.717) is 44.3 Å². The molecule has 116 valence electrons. The molecule has 2 heterocycles. The van der Waals surface area contributed by atoms with Crippen LogP contribution in [0.3, 0.4) is 0 Å². The maximum atomic E-state index is 12.9. The lowest BCUT2D eigenvalue weighted by molar-refractivity contribution is -0.139. The molecule has 0 radical (unpaired) electrons. The quantitative estimate of drug-likeness (QED) is 0.799. The Labute approximate surface area is 127 Å². The molecule has 5 nitrogen and oxygen atoms in total.